The van der Waals surface area contributed by atoms with Gasteiger partial charge in [-0.3, -0.25) is 4.79 Å². The monoisotopic (exact) mass is 249 g/mol. The number of nitrogens with zero attached hydrogens (tertiary/aromatic N) is 1. The number of piperidine rings is 1. The van der Waals surface area contributed by atoms with E-state index in [1.165, 1.54) is 4.31 Å². The lowest BCUT2D eigenvalue weighted by molar-refractivity contribution is -0.142. The van der Waals surface area contributed by atoms with Gasteiger partial charge < -0.3 is 5.11 Å². The van der Waals surface area contributed by atoms with Gasteiger partial charge in [-0.2, -0.15) is 0 Å². The number of hydrogen-bond donors (Lipinski definition) is 1. The lowest BCUT2D eigenvalue weighted by Crippen LogP contribution is -2.43. The van der Waals surface area contributed by atoms with E-state index in [-0.39, 0.29) is 18.2 Å². The Morgan fingerprint density at radius 2 is 2.12 bits per heavy atom. The van der Waals surface area contributed by atoms with E-state index in [1.54, 1.807) is 0 Å². The molecule has 1 aliphatic rings. The molecule has 0 radical (unpaired) electrons. The average molecular weight is 249 g/mol. The van der Waals surface area contributed by atoms with Crippen LogP contribution in [0.3, 0.4) is 0 Å². The highest BCUT2D eigenvalue weighted by Gasteiger charge is 2.32. The smallest absolute Gasteiger partial charge is 0.307 e. The van der Waals surface area contributed by atoms with Gasteiger partial charge in [-0.1, -0.05) is 13.8 Å². The van der Waals surface area contributed by atoms with Crippen molar-refractivity contribution in [3.63, 3.8) is 0 Å². The van der Waals surface area contributed by atoms with Gasteiger partial charge >= 0.3 is 5.97 Å². The molecule has 0 unspecified atom stereocenters. The first kappa shape index (κ1) is 13.4. The summed E-state index contributed by atoms with van der Waals surface area (Å²) in [7, 11) is -3.28. The Labute approximate surface area is 96.5 Å². The zero-order valence-electron chi connectivity index (χ0n) is 9.72. The largest absolute Gasteiger partial charge is 0.481 e. The van der Waals surface area contributed by atoms with Crippen LogP contribution in [0.15, 0.2) is 0 Å². The summed E-state index contributed by atoms with van der Waals surface area (Å²) in [4.78, 5) is 10.8. The van der Waals surface area contributed by atoms with E-state index in [0.29, 0.717) is 19.4 Å². The third kappa shape index (κ3) is 3.45. The van der Waals surface area contributed by atoms with Crippen LogP contribution in [0, 0.1) is 11.8 Å². The van der Waals surface area contributed by atoms with E-state index < -0.39 is 21.9 Å². The first-order valence-corrected chi connectivity index (χ1v) is 7.14. The summed E-state index contributed by atoms with van der Waals surface area (Å²) in [5.41, 5.74) is 0. The Balaban J connectivity index is 2.70. The number of rotatable bonds is 4. The molecule has 1 saturated heterocycles. The first-order chi connectivity index (χ1) is 7.33. The van der Waals surface area contributed by atoms with E-state index in [0.717, 1.165) is 0 Å². The zero-order valence-corrected chi connectivity index (χ0v) is 10.5. The molecule has 1 N–H and O–H groups in total. The Morgan fingerprint density at radius 3 is 2.62 bits per heavy atom. The quantitative estimate of drug-likeness (QED) is 0.798. The predicted molar refractivity (Wildman–Crippen MR) is 60.6 cm³/mol. The van der Waals surface area contributed by atoms with E-state index in [9.17, 15) is 13.2 Å². The van der Waals surface area contributed by atoms with Crippen LogP contribution < -0.4 is 0 Å². The Kier molecular flexibility index (Phi) is 4.32. The normalized spacial score (nSPS) is 23.6. The molecular formula is C10H19NO4S. The molecule has 0 bridgehead atoms. The molecule has 0 saturated carbocycles. The highest BCUT2D eigenvalue weighted by atomic mass is 32.2. The van der Waals surface area contributed by atoms with Crippen LogP contribution in [0.5, 0.6) is 0 Å². The molecule has 94 valence electrons. The number of carbonyl (C=O) groups is 1. The highest BCUT2D eigenvalue weighted by Crippen LogP contribution is 2.20. The fraction of sp³-hybridized carbons (Fsp3) is 0.900. The first-order valence-electron chi connectivity index (χ1n) is 5.53. The summed E-state index contributed by atoms with van der Waals surface area (Å²) >= 11 is 0. The molecular weight excluding hydrogens is 230 g/mol. The van der Waals surface area contributed by atoms with Crippen molar-refractivity contribution < 1.29 is 18.3 Å². The van der Waals surface area contributed by atoms with Crippen molar-refractivity contribution in [1.82, 2.24) is 4.31 Å². The van der Waals surface area contributed by atoms with Gasteiger partial charge in [0.1, 0.15) is 0 Å². The topological polar surface area (TPSA) is 74.7 Å². The highest BCUT2D eigenvalue weighted by molar-refractivity contribution is 7.89. The second-order valence-corrected chi connectivity index (χ2v) is 6.72. The molecule has 0 aromatic heterocycles. The van der Waals surface area contributed by atoms with Crippen molar-refractivity contribution in [2.24, 2.45) is 11.8 Å². The lowest BCUT2D eigenvalue weighted by atomic mass is 10.0. The lowest BCUT2D eigenvalue weighted by Gasteiger charge is -2.30. The molecule has 0 aromatic rings. The van der Waals surface area contributed by atoms with Crippen molar-refractivity contribution in [3.05, 3.63) is 0 Å². The molecule has 0 amide bonds. The fourth-order valence-electron chi connectivity index (χ4n) is 1.92. The maximum Gasteiger partial charge on any atom is 0.307 e. The zero-order chi connectivity index (χ0) is 12.3. The molecule has 6 heteroatoms. The van der Waals surface area contributed by atoms with Crippen molar-refractivity contribution >= 4 is 16.0 Å². The number of sulfonamides is 1. The van der Waals surface area contributed by atoms with Gasteiger partial charge in [-0.05, 0) is 18.8 Å². The Bertz CT molecular complexity index is 350. The van der Waals surface area contributed by atoms with Crippen LogP contribution in [-0.2, 0) is 14.8 Å². The SMILES string of the molecule is CC(C)CS(=O)(=O)N1CCC[C@H](C(=O)O)C1. The minimum absolute atomic E-state index is 0.0650. The maximum atomic E-state index is 11.9. The second kappa shape index (κ2) is 5.14. The van der Waals surface area contributed by atoms with E-state index in [1.807, 2.05) is 13.8 Å². The van der Waals surface area contributed by atoms with Crippen LogP contribution in [-0.4, -0.2) is 42.6 Å². The summed E-state index contributed by atoms with van der Waals surface area (Å²) in [5, 5.41) is 8.88. The fourth-order valence-corrected chi connectivity index (χ4v) is 3.79. The third-order valence-electron chi connectivity index (χ3n) is 2.67. The Hall–Kier alpha value is -0.620. The van der Waals surface area contributed by atoms with Crippen LogP contribution in [0.25, 0.3) is 0 Å². The van der Waals surface area contributed by atoms with E-state index >= 15 is 0 Å². The van der Waals surface area contributed by atoms with Gasteiger partial charge in [-0.15, -0.1) is 0 Å². The summed E-state index contributed by atoms with van der Waals surface area (Å²) < 4.78 is 25.1. The molecule has 1 fully saturated rings. The molecule has 1 rings (SSSR count). The van der Waals surface area contributed by atoms with Crippen molar-refractivity contribution in [2.75, 3.05) is 18.8 Å². The van der Waals surface area contributed by atoms with Gasteiger partial charge in [0.25, 0.3) is 0 Å². The minimum Gasteiger partial charge on any atom is -0.481 e. The number of hydrogen-bond acceptors (Lipinski definition) is 3. The van der Waals surface area contributed by atoms with Crippen molar-refractivity contribution in [3.8, 4) is 0 Å². The average Bonchev–Trinajstić information content (AvgIpc) is 2.16. The summed E-state index contributed by atoms with van der Waals surface area (Å²) in [6.45, 7) is 4.27. The molecule has 1 atom stereocenters. The van der Waals surface area contributed by atoms with Gasteiger partial charge in [0, 0.05) is 13.1 Å². The summed E-state index contributed by atoms with van der Waals surface area (Å²) in [5.74, 6) is -1.28. The molecule has 0 aromatic carbocycles. The van der Waals surface area contributed by atoms with Crippen molar-refractivity contribution in [1.29, 1.82) is 0 Å². The van der Waals surface area contributed by atoms with Crippen molar-refractivity contribution in [2.45, 2.75) is 26.7 Å². The van der Waals surface area contributed by atoms with Gasteiger partial charge in [0.2, 0.25) is 10.0 Å². The van der Waals surface area contributed by atoms with Gasteiger partial charge in [0.05, 0.1) is 11.7 Å². The molecule has 1 aliphatic heterocycles. The van der Waals surface area contributed by atoms with E-state index in [2.05, 4.69) is 0 Å². The number of carboxylic acid groups (broad SMARTS) is 1. The van der Waals surface area contributed by atoms with Crippen LogP contribution in [0.2, 0.25) is 0 Å². The van der Waals surface area contributed by atoms with Crippen LogP contribution in [0.1, 0.15) is 26.7 Å². The van der Waals surface area contributed by atoms with Crippen LogP contribution >= 0.6 is 0 Å². The minimum atomic E-state index is -3.28. The maximum absolute atomic E-state index is 11.9. The second-order valence-electron chi connectivity index (χ2n) is 4.71. The summed E-state index contributed by atoms with van der Waals surface area (Å²) in [6, 6.07) is 0. The van der Waals surface area contributed by atoms with Crippen LogP contribution in [0.4, 0.5) is 0 Å². The molecule has 0 spiro atoms. The molecule has 16 heavy (non-hydrogen) atoms. The molecule has 5 nitrogen and oxygen atoms in total. The Morgan fingerprint density at radius 1 is 1.50 bits per heavy atom. The molecule has 0 aliphatic carbocycles. The van der Waals surface area contributed by atoms with Gasteiger partial charge in [0.15, 0.2) is 0 Å². The summed E-state index contributed by atoms with van der Waals surface area (Å²) in [6.07, 6.45) is 1.21. The number of carboxylic acids is 1. The van der Waals surface area contributed by atoms with Gasteiger partial charge in [-0.25, -0.2) is 12.7 Å². The van der Waals surface area contributed by atoms with E-state index in [4.69, 9.17) is 5.11 Å². The standard InChI is InChI=1S/C10H19NO4S/c1-8(2)7-16(14,15)11-5-3-4-9(6-11)10(12)13/h8-9H,3-7H2,1-2H3,(H,12,13)/t9-/m0/s1. The predicted octanol–water partition coefficient (Wildman–Crippen LogP) is 0.769. The third-order valence-corrected chi connectivity index (χ3v) is 4.88. The molecule has 1 heterocycles. The number of aliphatic carboxylic acids is 1.